The van der Waals surface area contributed by atoms with Crippen LogP contribution < -0.4 is 70.0 Å². The number of thioether (sulfide) groups is 1. The number of nitrogens with two attached hydrogens (primary N) is 2. The summed E-state index contributed by atoms with van der Waals surface area (Å²) < 4.78 is 0. The molecule has 0 spiro atoms. The highest BCUT2D eigenvalue weighted by atomic mass is 33.1. The number of rotatable bonds is 35. The molecule has 1 saturated heterocycles. The number of H-pyrrole nitrogens is 2. The smallest absolute Gasteiger partial charge is 0.244 e. The zero-order valence-corrected chi connectivity index (χ0v) is 52.0. The molecule has 0 radical (unpaired) electrons. The van der Waals surface area contributed by atoms with Crippen LogP contribution in [-0.2, 0) is 75.2 Å². The Labute approximate surface area is 515 Å². The van der Waals surface area contributed by atoms with E-state index in [4.69, 9.17) is 11.5 Å². The Balaban J connectivity index is 1.40. The van der Waals surface area contributed by atoms with Crippen LogP contribution in [-0.4, -0.2) is 183 Å². The first-order valence-corrected chi connectivity index (χ1v) is 32.3. The van der Waals surface area contributed by atoms with Crippen LogP contribution >= 0.6 is 33.3 Å². The Morgan fingerprint density at radius 3 is 1.99 bits per heavy atom. The molecule has 29 nitrogen and oxygen atoms in total. The number of nitrogens with one attached hydrogen (secondary N) is 13. The molecular formula is C55H82N16O13S3. The maximum absolute atomic E-state index is 14.3. The number of para-hydroxylation sites is 1. The van der Waals surface area contributed by atoms with Crippen LogP contribution in [0.5, 0.6) is 0 Å². The predicted molar refractivity (Wildman–Crippen MR) is 328 cm³/mol. The first-order chi connectivity index (χ1) is 41.3. The number of unbranched alkanes of at least 4 members (excludes halogenated alkanes) is 1. The second kappa shape index (κ2) is 37.0. The van der Waals surface area contributed by atoms with E-state index in [0.717, 1.165) is 10.9 Å². The first-order valence-electron chi connectivity index (χ1n) is 28.4. The second-order valence-electron chi connectivity index (χ2n) is 21.5. The average Bonchev–Trinajstić information content (AvgIpc) is 2.33. The molecule has 1 aliphatic heterocycles. The van der Waals surface area contributed by atoms with Gasteiger partial charge in [0.25, 0.3) is 0 Å². The molecule has 13 amide bonds. The number of carbonyl (C=O) groups excluding carboxylic acids is 13. The van der Waals surface area contributed by atoms with E-state index in [0.29, 0.717) is 23.4 Å². The molecule has 0 bridgehead atoms. The lowest BCUT2D eigenvalue weighted by Crippen LogP contribution is -2.59. The van der Waals surface area contributed by atoms with Crippen LogP contribution in [0.4, 0.5) is 0 Å². The number of aromatic nitrogens is 3. The summed E-state index contributed by atoms with van der Waals surface area (Å²) >= 11 is 1.46. The zero-order valence-electron chi connectivity index (χ0n) is 49.6. The molecule has 17 N–H and O–H groups in total. The Morgan fingerprint density at radius 1 is 0.678 bits per heavy atom. The van der Waals surface area contributed by atoms with E-state index in [2.05, 4.69) is 73.4 Å². The fraction of sp³-hybridized carbons (Fsp3) is 0.564. The summed E-state index contributed by atoms with van der Waals surface area (Å²) in [4.78, 5) is 181. The predicted octanol–water partition coefficient (Wildman–Crippen LogP) is -2.31. The van der Waals surface area contributed by atoms with Crippen LogP contribution in [0.3, 0.4) is 0 Å². The second-order valence-corrected chi connectivity index (χ2v) is 24.9. The molecule has 1 fully saturated rings. The van der Waals surface area contributed by atoms with E-state index in [9.17, 15) is 62.3 Å². The van der Waals surface area contributed by atoms with Gasteiger partial charge in [0, 0.05) is 67.8 Å². The van der Waals surface area contributed by atoms with Crippen molar-refractivity contribution in [2.75, 3.05) is 43.1 Å². The van der Waals surface area contributed by atoms with Gasteiger partial charge in [-0.3, -0.25) is 62.3 Å². The van der Waals surface area contributed by atoms with Crippen molar-refractivity contribution in [3.8, 4) is 0 Å². The van der Waals surface area contributed by atoms with Crippen molar-refractivity contribution < 1.29 is 62.3 Å². The highest BCUT2D eigenvalue weighted by molar-refractivity contribution is 8.77. The molecule has 2 aromatic heterocycles. The first kappa shape index (κ1) is 71.6. The highest BCUT2D eigenvalue weighted by Gasteiger charge is 2.34. The Bertz CT molecular complexity index is 2870. The van der Waals surface area contributed by atoms with Crippen LogP contribution in [0, 0.1) is 11.8 Å². The third kappa shape index (κ3) is 25.5. The van der Waals surface area contributed by atoms with Crippen molar-refractivity contribution in [3.05, 3.63) is 54.2 Å². The molecule has 3 aromatic rings. The number of imidazole rings is 1. The van der Waals surface area contributed by atoms with Crippen LogP contribution in [0.2, 0.25) is 0 Å². The summed E-state index contributed by atoms with van der Waals surface area (Å²) in [5.41, 5.74) is 12.8. The van der Waals surface area contributed by atoms with E-state index < -0.39 is 126 Å². The van der Waals surface area contributed by atoms with Crippen molar-refractivity contribution in [2.24, 2.45) is 23.3 Å². The number of benzene rings is 1. The third-order valence-electron chi connectivity index (χ3n) is 13.5. The van der Waals surface area contributed by atoms with Gasteiger partial charge in [0.2, 0.25) is 76.8 Å². The van der Waals surface area contributed by atoms with Crippen LogP contribution in [0.1, 0.15) is 90.8 Å². The molecule has 87 heavy (non-hydrogen) atoms. The van der Waals surface area contributed by atoms with E-state index in [1.165, 1.54) is 52.8 Å². The number of carbonyl (C=O) groups is 13. The molecule has 1 aliphatic rings. The number of hydrogen-bond donors (Lipinski definition) is 15. The summed E-state index contributed by atoms with van der Waals surface area (Å²) in [7, 11) is 2.41. The van der Waals surface area contributed by atoms with Gasteiger partial charge in [-0.2, -0.15) is 11.8 Å². The fourth-order valence-electron chi connectivity index (χ4n) is 8.78. The lowest BCUT2D eigenvalue weighted by Gasteiger charge is -2.26. The Kier molecular flexibility index (Phi) is 30.4. The molecule has 0 saturated carbocycles. The van der Waals surface area contributed by atoms with E-state index in [1.54, 1.807) is 44.3 Å². The Morgan fingerprint density at radius 2 is 1.32 bits per heavy atom. The largest absolute Gasteiger partial charge is 0.370 e. The lowest BCUT2D eigenvalue weighted by molar-refractivity contribution is -0.135. The van der Waals surface area contributed by atoms with E-state index in [-0.39, 0.29) is 93.7 Å². The van der Waals surface area contributed by atoms with Gasteiger partial charge in [0.1, 0.15) is 48.3 Å². The number of nitrogens with zero attached hydrogens (tertiary/aromatic N) is 1. The number of aromatic amines is 2. The summed E-state index contributed by atoms with van der Waals surface area (Å²) in [5.74, 6) is -8.76. The zero-order chi connectivity index (χ0) is 64.2. The SMILES string of the molecule is CSCC[C@H](NC(=O)C(CC(C)C)NC(=O)[C@H](Cc1cnc[nH]1)NC(=O)CNC(=O)[C@@H](NC(=O)C(C)NC(=O)[C@H](Cc1c[nH]c2ccccc12)NC(=O)C(CCC(N)=O)NC(=O)CCCCNC(=O)C1CNC(=O)CSSCC(=O)N1)C(C)C)C(N)=O. The summed E-state index contributed by atoms with van der Waals surface area (Å²) in [6.45, 7) is 7.61. The minimum absolute atomic E-state index is 0.0562. The molecule has 3 heterocycles. The summed E-state index contributed by atoms with van der Waals surface area (Å²) in [5, 5.41) is 29.5. The molecular weight excluding hydrogens is 1190 g/mol. The minimum atomic E-state index is -1.39. The maximum atomic E-state index is 14.3. The van der Waals surface area contributed by atoms with Gasteiger partial charge in [-0.1, -0.05) is 67.5 Å². The van der Waals surface area contributed by atoms with Gasteiger partial charge < -0.3 is 79.9 Å². The molecule has 478 valence electrons. The number of hydrogen-bond acceptors (Lipinski definition) is 17. The van der Waals surface area contributed by atoms with Crippen LogP contribution in [0.15, 0.2) is 43.0 Å². The molecule has 1 aromatic carbocycles. The van der Waals surface area contributed by atoms with Crippen LogP contribution in [0.25, 0.3) is 10.9 Å². The van der Waals surface area contributed by atoms with Crippen molar-refractivity contribution in [1.82, 2.24) is 73.4 Å². The van der Waals surface area contributed by atoms with Crippen molar-refractivity contribution in [3.63, 3.8) is 0 Å². The summed E-state index contributed by atoms with van der Waals surface area (Å²) in [6, 6.07) is -2.59. The summed E-state index contributed by atoms with van der Waals surface area (Å²) in [6.07, 6.45) is 6.36. The average molecular weight is 1270 g/mol. The normalized spacial score (nSPS) is 16.0. The molecule has 8 atom stereocenters. The molecule has 32 heteroatoms. The van der Waals surface area contributed by atoms with Gasteiger partial charge in [0.15, 0.2) is 0 Å². The van der Waals surface area contributed by atoms with Gasteiger partial charge in [-0.05, 0) is 74.5 Å². The van der Waals surface area contributed by atoms with Crippen molar-refractivity contribution >= 4 is 121 Å². The maximum Gasteiger partial charge on any atom is 0.244 e. The third-order valence-corrected chi connectivity index (χ3v) is 16.3. The molecule has 4 rings (SSSR count). The monoisotopic (exact) mass is 1270 g/mol. The molecule has 4 unspecified atom stereocenters. The van der Waals surface area contributed by atoms with Gasteiger partial charge >= 0.3 is 0 Å². The number of amides is 13. The lowest BCUT2D eigenvalue weighted by atomic mass is 10.0. The minimum Gasteiger partial charge on any atom is -0.370 e. The highest BCUT2D eigenvalue weighted by Crippen LogP contribution is 2.21. The molecule has 0 aliphatic carbocycles. The van der Waals surface area contributed by atoms with Crippen molar-refractivity contribution in [1.29, 1.82) is 0 Å². The van der Waals surface area contributed by atoms with E-state index >= 15 is 0 Å². The standard InChI is InChI=1S/C55H82N16O13S3/c1-29(2)19-38(53(82)68-36(48(57)77)16-18-85-6)69-54(83)40(21-33-23-58-28-63-33)66-44(74)25-62-55(84)47(30(3)4)71-49(78)31(5)64-52(81)39(20-32-22-60-35-12-8-7-11-34(32)35)70-51(80)37(14-15-42(56)72)65-43(73)13-9-10-17-59-50(79)41-24-61-45(75)26-86-87-27-46(76)67-41/h7-8,11-12,22-23,28-31,36-41,47,60H,9-10,13-21,24-27H2,1-6H3,(H2,56,72)(H2,57,77)(H,58,63)(H,59,79)(H,61,75)(H,62,84)(H,64,81)(H,65,73)(H,66,74)(H,67,76)(H,68,82)(H,69,83)(H,70,80)(H,71,78)/t31?,36-,37?,38?,39-,40-,41?,47-/m0/s1. The van der Waals surface area contributed by atoms with Gasteiger partial charge in [-0.25, -0.2) is 4.98 Å². The number of primary amides is 2. The number of fused-ring (bicyclic) bond motifs is 1. The van der Waals surface area contributed by atoms with E-state index in [1.807, 2.05) is 20.1 Å². The Hall–Kier alpha value is -7.87. The van der Waals surface area contributed by atoms with Crippen molar-refractivity contribution in [2.45, 2.75) is 141 Å². The van der Waals surface area contributed by atoms with Gasteiger partial charge in [0.05, 0.1) is 24.4 Å². The fourth-order valence-corrected chi connectivity index (χ4v) is 11.0. The quantitative estimate of drug-likeness (QED) is 0.0217. The topological polar surface area (TPSA) is 451 Å². The van der Waals surface area contributed by atoms with Gasteiger partial charge in [-0.15, -0.1) is 0 Å².